The smallest absolute Gasteiger partial charge is 0.0915 e. The topological polar surface area (TPSA) is 63.2 Å². The molecular weight excluding hydrogens is 212 g/mol. The molecular formula is C10H22N2O4. The highest BCUT2D eigenvalue weighted by Crippen LogP contribution is 1.97. The second-order valence-electron chi connectivity index (χ2n) is 3.76. The Labute approximate surface area is 96.4 Å². The van der Waals surface area contributed by atoms with E-state index in [2.05, 4.69) is 10.4 Å². The minimum absolute atomic E-state index is 0.416. The third-order valence-electron chi connectivity index (χ3n) is 2.38. The molecule has 1 rings (SSSR count). The van der Waals surface area contributed by atoms with Crippen LogP contribution in [-0.4, -0.2) is 75.8 Å². The van der Waals surface area contributed by atoms with Crippen LogP contribution in [0.5, 0.6) is 0 Å². The predicted molar refractivity (Wildman–Crippen MR) is 59.1 cm³/mol. The Morgan fingerprint density at radius 2 is 2.12 bits per heavy atom. The van der Waals surface area contributed by atoms with Crippen molar-refractivity contribution in [3.05, 3.63) is 0 Å². The summed E-state index contributed by atoms with van der Waals surface area (Å²) in [4.78, 5) is 7.24. The van der Waals surface area contributed by atoms with Gasteiger partial charge in [0.15, 0.2) is 0 Å². The molecule has 6 heteroatoms. The fourth-order valence-electron chi connectivity index (χ4n) is 1.50. The van der Waals surface area contributed by atoms with Crippen LogP contribution >= 0.6 is 0 Å². The van der Waals surface area contributed by atoms with Crippen LogP contribution in [0.2, 0.25) is 0 Å². The maximum Gasteiger partial charge on any atom is 0.0915 e. The molecule has 1 aliphatic heterocycles. The van der Waals surface area contributed by atoms with Gasteiger partial charge in [0.2, 0.25) is 0 Å². The van der Waals surface area contributed by atoms with Crippen molar-refractivity contribution in [3.63, 3.8) is 0 Å². The molecule has 16 heavy (non-hydrogen) atoms. The zero-order valence-electron chi connectivity index (χ0n) is 9.85. The fraction of sp³-hybridized carbons (Fsp3) is 1.00. The van der Waals surface area contributed by atoms with Crippen molar-refractivity contribution in [2.24, 2.45) is 0 Å². The molecule has 1 unspecified atom stereocenters. The van der Waals surface area contributed by atoms with Gasteiger partial charge in [0.05, 0.1) is 32.5 Å². The number of hydrogen-bond acceptors (Lipinski definition) is 6. The lowest BCUT2D eigenvalue weighted by atomic mass is 10.3. The van der Waals surface area contributed by atoms with E-state index in [-0.39, 0.29) is 0 Å². The van der Waals surface area contributed by atoms with E-state index in [1.807, 2.05) is 0 Å². The zero-order chi connectivity index (χ0) is 11.6. The van der Waals surface area contributed by atoms with Gasteiger partial charge in [-0.1, -0.05) is 0 Å². The number of rotatable bonds is 8. The molecule has 0 aromatic rings. The molecule has 0 bridgehead atoms. The zero-order valence-corrected chi connectivity index (χ0v) is 9.85. The van der Waals surface area contributed by atoms with Crippen LogP contribution in [-0.2, 0) is 14.3 Å². The maximum atomic E-state index is 9.70. The van der Waals surface area contributed by atoms with E-state index in [1.165, 1.54) is 0 Å². The first kappa shape index (κ1) is 13.8. The first-order chi connectivity index (χ1) is 7.83. The minimum atomic E-state index is -0.416. The van der Waals surface area contributed by atoms with Gasteiger partial charge >= 0.3 is 0 Å². The molecule has 1 atom stereocenters. The summed E-state index contributed by atoms with van der Waals surface area (Å²) >= 11 is 0. The third kappa shape index (κ3) is 6.37. The molecule has 96 valence electrons. The van der Waals surface area contributed by atoms with E-state index in [4.69, 9.17) is 14.3 Å². The average Bonchev–Trinajstić information content (AvgIpc) is 2.30. The number of morpholine rings is 1. The second-order valence-corrected chi connectivity index (χ2v) is 3.76. The molecule has 0 radical (unpaired) electrons. The van der Waals surface area contributed by atoms with Gasteiger partial charge in [-0.05, 0) is 0 Å². The molecule has 1 fully saturated rings. The Kier molecular flexibility index (Phi) is 7.65. The Morgan fingerprint density at radius 3 is 2.81 bits per heavy atom. The SMILES string of the molecule is COCCONCC(O)CN1CCOCC1. The van der Waals surface area contributed by atoms with E-state index in [0.29, 0.717) is 26.3 Å². The number of methoxy groups -OCH3 is 1. The molecule has 0 amide bonds. The lowest BCUT2D eigenvalue weighted by molar-refractivity contribution is -0.0248. The van der Waals surface area contributed by atoms with Gasteiger partial charge in [-0.25, -0.2) is 0 Å². The molecule has 1 saturated heterocycles. The number of aliphatic hydroxyl groups excluding tert-OH is 1. The summed E-state index contributed by atoms with van der Waals surface area (Å²) < 4.78 is 10.0. The van der Waals surface area contributed by atoms with Gasteiger partial charge < -0.3 is 14.6 Å². The van der Waals surface area contributed by atoms with Gasteiger partial charge in [0.25, 0.3) is 0 Å². The van der Waals surface area contributed by atoms with Gasteiger partial charge in [-0.2, -0.15) is 5.48 Å². The monoisotopic (exact) mass is 234 g/mol. The third-order valence-corrected chi connectivity index (χ3v) is 2.38. The Morgan fingerprint density at radius 1 is 1.38 bits per heavy atom. The van der Waals surface area contributed by atoms with Gasteiger partial charge in [0, 0.05) is 33.3 Å². The van der Waals surface area contributed by atoms with E-state index < -0.39 is 6.10 Å². The van der Waals surface area contributed by atoms with Crippen LogP contribution < -0.4 is 5.48 Å². The van der Waals surface area contributed by atoms with Crippen LogP contribution in [0.1, 0.15) is 0 Å². The summed E-state index contributed by atoms with van der Waals surface area (Å²) in [5, 5.41) is 9.70. The summed E-state index contributed by atoms with van der Waals surface area (Å²) in [6, 6.07) is 0. The summed E-state index contributed by atoms with van der Waals surface area (Å²) in [7, 11) is 1.62. The van der Waals surface area contributed by atoms with Gasteiger partial charge in [-0.3, -0.25) is 9.74 Å². The molecule has 6 nitrogen and oxygen atoms in total. The van der Waals surface area contributed by atoms with Crippen molar-refractivity contribution in [3.8, 4) is 0 Å². The number of hydroxylamine groups is 1. The predicted octanol–water partition coefficient (Wildman–Crippen LogP) is -1.15. The number of β-amino-alcohol motifs (C(OH)–C–C–N with tert-alkyl or cyclic N) is 1. The molecule has 1 heterocycles. The number of nitrogens with zero attached hydrogens (tertiary/aromatic N) is 1. The van der Waals surface area contributed by atoms with E-state index in [1.54, 1.807) is 7.11 Å². The molecule has 0 aromatic carbocycles. The number of nitrogens with one attached hydrogen (secondary N) is 1. The quantitative estimate of drug-likeness (QED) is 0.408. The Hall–Kier alpha value is -0.240. The first-order valence-electron chi connectivity index (χ1n) is 5.64. The average molecular weight is 234 g/mol. The Balaban J connectivity index is 1.95. The van der Waals surface area contributed by atoms with Crippen LogP contribution in [0.25, 0.3) is 0 Å². The van der Waals surface area contributed by atoms with Crippen LogP contribution in [0.15, 0.2) is 0 Å². The molecule has 0 aliphatic carbocycles. The van der Waals surface area contributed by atoms with Crippen molar-refractivity contribution in [2.75, 3.05) is 59.7 Å². The molecule has 0 saturated carbocycles. The van der Waals surface area contributed by atoms with E-state index in [0.717, 1.165) is 26.3 Å². The van der Waals surface area contributed by atoms with Crippen LogP contribution in [0.3, 0.4) is 0 Å². The number of hydrogen-bond donors (Lipinski definition) is 2. The summed E-state index contributed by atoms with van der Waals surface area (Å²) in [6.45, 7) is 5.41. The molecule has 2 N–H and O–H groups in total. The number of ether oxygens (including phenoxy) is 2. The van der Waals surface area contributed by atoms with Crippen molar-refractivity contribution >= 4 is 0 Å². The first-order valence-corrected chi connectivity index (χ1v) is 5.64. The van der Waals surface area contributed by atoms with Crippen molar-refractivity contribution in [2.45, 2.75) is 6.10 Å². The lowest BCUT2D eigenvalue weighted by Gasteiger charge is -2.28. The standard InChI is InChI=1S/C10H22N2O4/c1-14-6-7-16-11-8-10(13)9-12-2-4-15-5-3-12/h10-11,13H,2-9H2,1H3. The molecule has 0 spiro atoms. The fourth-order valence-corrected chi connectivity index (χ4v) is 1.50. The lowest BCUT2D eigenvalue weighted by Crippen LogP contribution is -2.43. The minimum Gasteiger partial charge on any atom is -0.390 e. The summed E-state index contributed by atoms with van der Waals surface area (Å²) in [6.07, 6.45) is -0.416. The highest BCUT2D eigenvalue weighted by molar-refractivity contribution is 4.67. The maximum absolute atomic E-state index is 9.70. The summed E-state index contributed by atoms with van der Waals surface area (Å²) in [5.74, 6) is 0. The van der Waals surface area contributed by atoms with E-state index >= 15 is 0 Å². The second kappa shape index (κ2) is 8.86. The number of aliphatic hydroxyl groups is 1. The van der Waals surface area contributed by atoms with Gasteiger partial charge in [0.1, 0.15) is 0 Å². The van der Waals surface area contributed by atoms with Crippen molar-refractivity contribution in [1.29, 1.82) is 0 Å². The van der Waals surface area contributed by atoms with Crippen molar-refractivity contribution < 1.29 is 19.4 Å². The highest BCUT2D eigenvalue weighted by atomic mass is 16.7. The molecule has 0 aromatic heterocycles. The largest absolute Gasteiger partial charge is 0.390 e. The normalized spacial score (nSPS) is 19.9. The van der Waals surface area contributed by atoms with E-state index in [9.17, 15) is 5.11 Å². The highest BCUT2D eigenvalue weighted by Gasteiger charge is 2.14. The van der Waals surface area contributed by atoms with Gasteiger partial charge in [-0.15, -0.1) is 0 Å². The summed E-state index contributed by atoms with van der Waals surface area (Å²) in [5.41, 5.74) is 2.72. The molecule has 1 aliphatic rings. The van der Waals surface area contributed by atoms with Crippen LogP contribution in [0.4, 0.5) is 0 Å². The van der Waals surface area contributed by atoms with Crippen LogP contribution in [0, 0.1) is 0 Å². The Bertz CT molecular complexity index is 165. The van der Waals surface area contributed by atoms with Crippen molar-refractivity contribution in [1.82, 2.24) is 10.4 Å².